The van der Waals surface area contributed by atoms with E-state index in [2.05, 4.69) is 32.4 Å². The minimum atomic E-state index is 0.711. The van der Waals surface area contributed by atoms with Gasteiger partial charge in [-0.15, -0.1) is 11.8 Å². The zero-order valence-corrected chi connectivity index (χ0v) is 6.88. The molecule has 0 aliphatic rings. The number of hydrogen-bond acceptors (Lipinski definition) is 1. The molecule has 0 spiro atoms. The van der Waals surface area contributed by atoms with Crippen LogP contribution in [0.15, 0.2) is 11.0 Å². The summed E-state index contributed by atoms with van der Waals surface area (Å²) in [6.07, 6.45) is 2.09. The smallest absolute Gasteiger partial charge is 0.0142 e. The Morgan fingerprint density at radius 1 is 1.50 bits per heavy atom. The van der Waals surface area contributed by atoms with Gasteiger partial charge in [0.25, 0.3) is 0 Å². The molecule has 1 heteroatoms. The van der Waals surface area contributed by atoms with Gasteiger partial charge in [-0.2, -0.15) is 0 Å². The zero-order chi connectivity index (χ0) is 6.57. The van der Waals surface area contributed by atoms with Crippen molar-refractivity contribution in [2.24, 2.45) is 5.92 Å². The van der Waals surface area contributed by atoms with Crippen molar-refractivity contribution in [2.75, 3.05) is 6.26 Å². The number of rotatable bonds is 2. The Labute approximate surface area is 56.4 Å². The minimum Gasteiger partial charge on any atom is -0.138 e. The second kappa shape index (κ2) is 4.02. The van der Waals surface area contributed by atoms with Crippen molar-refractivity contribution < 1.29 is 0 Å². The van der Waals surface area contributed by atoms with Crippen LogP contribution in [0.3, 0.4) is 0 Å². The molecule has 0 heterocycles. The lowest BCUT2D eigenvalue weighted by molar-refractivity contribution is 0.772. The van der Waals surface area contributed by atoms with E-state index in [-0.39, 0.29) is 0 Å². The molecule has 0 saturated heterocycles. The Bertz CT molecular complexity index is 82.4. The second-order valence-corrected chi connectivity index (χ2v) is 2.96. The van der Waals surface area contributed by atoms with Crippen LogP contribution in [-0.4, -0.2) is 6.26 Å². The van der Waals surface area contributed by atoms with Crippen LogP contribution in [0.1, 0.15) is 20.8 Å². The summed E-state index contributed by atoms with van der Waals surface area (Å²) < 4.78 is 0. The third-order valence-corrected chi connectivity index (χ3v) is 1.82. The average Bonchev–Trinajstić information content (AvgIpc) is 1.67. The minimum absolute atomic E-state index is 0.711. The molecule has 0 aliphatic carbocycles. The van der Waals surface area contributed by atoms with Gasteiger partial charge in [0, 0.05) is 0 Å². The Morgan fingerprint density at radius 2 is 2.00 bits per heavy atom. The summed E-state index contributed by atoms with van der Waals surface area (Å²) in [5.74, 6) is 0.711. The summed E-state index contributed by atoms with van der Waals surface area (Å²) in [5.41, 5.74) is 1.47. The lowest BCUT2D eigenvalue weighted by Gasteiger charge is -2.01. The van der Waals surface area contributed by atoms with E-state index in [0.29, 0.717) is 5.92 Å². The van der Waals surface area contributed by atoms with Crippen LogP contribution in [-0.2, 0) is 0 Å². The first-order valence-electron chi connectivity index (χ1n) is 2.88. The molecule has 0 aromatic carbocycles. The molecular formula is C7H14S. The van der Waals surface area contributed by atoms with Gasteiger partial charge in [0.15, 0.2) is 0 Å². The maximum absolute atomic E-state index is 2.21. The monoisotopic (exact) mass is 130 g/mol. The van der Waals surface area contributed by atoms with Crippen molar-refractivity contribution >= 4 is 11.8 Å². The van der Waals surface area contributed by atoms with Gasteiger partial charge in [-0.05, 0) is 24.5 Å². The first-order valence-corrected chi connectivity index (χ1v) is 4.16. The van der Waals surface area contributed by atoms with Crippen LogP contribution < -0.4 is 0 Å². The van der Waals surface area contributed by atoms with Crippen molar-refractivity contribution in [3.05, 3.63) is 11.0 Å². The Hall–Kier alpha value is 0.0900. The fraction of sp³-hybridized carbons (Fsp3) is 0.714. The van der Waals surface area contributed by atoms with E-state index in [0.717, 1.165) is 0 Å². The molecule has 0 atom stereocenters. The SMILES string of the molecule is CS/C=C(\C)C(C)C. The molecule has 0 aromatic heterocycles. The van der Waals surface area contributed by atoms with Crippen LogP contribution >= 0.6 is 11.8 Å². The largest absolute Gasteiger partial charge is 0.138 e. The second-order valence-electron chi connectivity index (χ2n) is 2.25. The molecular weight excluding hydrogens is 116 g/mol. The molecule has 0 N–H and O–H groups in total. The predicted octanol–water partition coefficient (Wildman–Crippen LogP) is 2.91. The average molecular weight is 130 g/mol. The fourth-order valence-corrected chi connectivity index (χ4v) is 0.966. The zero-order valence-electron chi connectivity index (χ0n) is 6.06. The molecule has 0 nitrogen and oxygen atoms in total. The van der Waals surface area contributed by atoms with Gasteiger partial charge in [-0.25, -0.2) is 0 Å². The van der Waals surface area contributed by atoms with Crippen molar-refractivity contribution in [2.45, 2.75) is 20.8 Å². The highest BCUT2D eigenvalue weighted by molar-refractivity contribution is 8.01. The molecule has 0 aromatic rings. The van der Waals surface area contributed by atoms with E-state index < -0.39 is 0 Å². The molecule has 0 unspecified atom stereocenters. The van der Waals surface area contributed by atoms with Crippen molar-refractivity contribution in [1.29, 1.82) is 0 Å². The molecule has 0 bridgehead atoms. The summed E-state index contributed by atoms with van der Waals surface area (Å²) in [7, 11) is 0. The third kappa shape index (κ3) is 3.14. The highest BCUT2D eigenvalue weighted by Crippen LogP contribution is 2.11. The quantitative estimate of drug-likeness (QED) is 0.554. The van der Waals surface area contributed by atoms with Gasteiger partial charge in [-0.1, -0.05) is 19.4 Å². The van der Waals surface area contributed by atoms with Crippen molar-refractivity contribution in [3.63, 3.8) is 0 Å². The normalized spacial score (nSPS) is 12.9. The lowest BCUT2D eigenvalue weighted by atomic mass is 10.1. The van der Waals surface area contributed by atoms with E-state index >= 15 is 0 Å². The fourth-order valence-electron chi connectivity index (χ4n) is 0.322. The van der Waals surface area contributed by atoms with Gasteiger partial charge < -0.3 is 0 Å². The highest BCUT2D eigenvalue weighted by atomic mass is 32.2. The summed E-state index contributed by atoms with van der Waals surface area (Å²) in [6.45, 7) is 6.59. The Kier molecular flexibility index (Phi) is 4.06. The first kappa shape index (κ1) is 8.09. The van der Waals surface area contributed by atoms with Gasteiger partial charge in [-0.3, -0.25) is 0 Å². The molecule has 0 aliphatic heterocycles. The molecule has 8 heavy (non-hydrogen) atoms. The molecule has 48 valence electrons. The highest BCUT2D eigenvalue weighted by Gasteiger charge is 1.92. The summed E-state index contributed by atoms with van der Waals surface area (Å²) in [6, 6.07) is 0. The van der Waals surface area contributed by atoms with Crippen LogP contribution in [0.4, 0.5) is 0 Å². The molecule has 0 fully saturated rings. The van der Waals surface area contributed by atoms with Crippen molar-refractivity contribution in [1.82, 2.24) is 0 Å². The van der Waals surface area contributed by atoms with E-state index in [1.807, 2.05) is 0 Å². The summed E-state index contributed by atoms with van der Waals surface area (Å²) >= 11 is 1.78. The standard InChI is InChI=1S/C7H14S/c1-6(2)7(3)5-8-4/h5-6H,1-4H3/b7-5+. The molecule has 0 rings (SSSR count). The number of allylic oxidation sites excluding steroid dienone is 1. The molecule has 0 saturated carbocycles. The van der Waals surface area contributed by atoms with Crippen LogP contribution in [0.5, 0.6) is 0 Å². The van der Waals surface area contributed by atoms with Crippen molar-refractivity contribution in [3.8, 4) is 0 Å². The van der Waals surface area contributed by atoms with Crippen LogP contribution in [0.25, 0.3) is 0 Å². The third-order valence-electron chi connectivity index (χ3n) is 1.21. The maximum Gasteiger partial charge on any atom is -0.0142 e. The lowest BCUT2D eigenvalue weighted by Crippen LogP contribution is -1.85. The molecule has 0 amide bonds. The first-order chi connectivity index (χ1) is 3.68. The maximum atomic E-state index is 2.21. The topological polar surface area (TPSA) is 0 Å². The molecule has 0 radical (unpaired) electrons. The van der Waals surface area contributed by atoms with Gasteiger partial charge in [0.1, 0.15) is 0 Å². The van der Waals surface area contributed by atoms with Gasteiger partial charge in [0.2, 0.25) is 0 Å². The van der Waals surface area contributed by atoms with Crippen LogP contribution in [0.2, 0.25) is 0 Å². The Morgan fingerprint density at radius 3 is 2.12 bits per heavy atom. The van der Waals surface area contributed by atoms with Crippen LogP contribution in [0, 0.1) is 5.92 Å². The van der Waals surface area contributed by atoms with E-state index in [9.17, 15) is 0 Å². The van der Waals surface area contributed by atoms with Gasteiger partial charge in [0.05, 0.1) is 0 Å². The predicted molar refractivity (Wildman–Crippen MR) is 42.1 cm³/mol. The van der Waals surface area contributed by atoms with E-state index in [1.165, 1.54) is 5.57 Å². The summed E-state index contributed by atoms with van der Waals surface area (Å²) in [5, 5.41) is 2.20. The number of hydrogen-bond donors (Lipinski definition) is 0. The van der Waals surface area contributed by atoms with E-state index in [1.54, 1.807) is 11.8 Å². The van der Waals surface area contributed by atoms with E-state index in [4.69, 9.17) is 0 Å². The van der Waals surface area contributed by atoms with Gasteiger partial charge >= 0.3 is 0 Å². The number of thioether (sulfide) groups is 1. The summed E-state index contributed by atoms with van der Waals surface area (Å²) in [4.78, 5) is 0. The Balaban J connectivity index is 3.61.